The number of likely N-dealkylation sites (N-methyl/N-ethyl adjacent to an activating group) is 1. The van der Waals surface area contributed by atoms with Gasteiger partial charge in [0.15, 0.2) is 0 Å². The van der Waals surface area contributed by atoms with E-state index >= 15 is 0 Å². The standard InChI is InChI=1S/C16H22N2O3/c1-18(2)16(20)10-12-5-7-13(8-6-12)17-15(19)11-14-4-3-9-21-14/h5-8,14H,3-4,9-11H2,1-2H3,(H,17,19). The predicted molar refractivity (Wildman–Crippen MR) is 81.1 cm³/mol. The van der Waals surface area contributed by atoms with Crippen LogP contribution in [0.5, 0.6) is 0 Å². The number of hydrogen-bond acceptors (Lipinski definition) is 3. The van der Waals surface area contributed by atoms with Crippen LogP contribution >= 0.6 is 0 Å². The molecule has 114 valence electrons. The Bertz CT molecular complexity index is 491. The molecule has 2 amide bonds. The van der Waals surface area contributed by atoms with Crippen LogP contribution in [-0.4, -0.2) is 43.5 Å². The van der Waals surface area contributed by atoms with Crippen LogP contribution in [0.15, 0.2) is 24.3 Å². The third kappa shape index (κ3) is 4.86. The minimum Gasteiger partial charge on any atom is -0.378 e. The van der Waals surface area contributed by atoms with Gasteiger partial charge >= 0.3 is 0 Å². The van der Waals surface area contributed by atoms with Gasteiger partial charge in [-0.3, -0.25) is 9.59 Å². The van der Waals surface area contributed by atoms with Crippen LogP contribution in [0.3, 0.4) is 0 Å². The summed E-state index contributed by atoms with van der Waals surface area (Å²) in [6.07, 6.45) is 2.82. The molecular weight excluding hydrogens is 268 g/mol. The van der Waals surface area contributed by atoms with E-state index in [1.807, 2.05) is 24.3 Å². The van der Waals surface area contributed by atoms with E-state index in [-0.39, 0.29) is 17.9 Å². The Morgan fingerprint density at radius 2 is 2.00 bits per heavy atom. The van der Waals surface area contributed by atoms with Gasteiger partial charge in [-0.25, -0.2) is 0 Å². The normalized spacial score (nSPS) is 17.5. The zero-order valence-electron chi connectivity index (χ0n) is 12.6. The highest BCUT2D eigenvalue weighted by Gasteiger charge is 2.19. The maximum Gasteiger partial charge on any atom is 0.226 e. The molecule has 2 rings (SSSR count). The topological polar surface area (TPSA) is 58.6 Å². The molecule has 1 N–H and O–H groups in total. The first kappa shape index (κ1) is 15.5. The predicted octanol–water partition coefficient (Wildman–Crippen LogP) is 1.82. The lowest BCUT2D eigenvalue weighted by Gasteiger charge is -2.11. The van der Waals surface area contributed by atoms with Gasteiger partial charge in [-0.1, -0.05) is 12.1 Å². The van der Waals surface area contributed by atoms with Gasteiger partial charge in [0.2, 0.25) is 11.8 Å². The molecule has 1 fully saturated rings. The summed E-state index contributed by atoms with van der Waals surface area (Å²) in [4.78, 5) is 25.0. The summed E-state index contributed by atoms with van der Waals surface area (Å²) in [7, 11) is 3.48. The molecule has 0 aromatic heterocycles. The first-order valence-electron chi connectivity index (χ1n) is 7.25. The van der Waals surface area contributed by atoms with Crippen LogP contribution in [0.1, 0.15) is 24.8 Å². The number of benzene rings is 1. The zero-order valence-corrected chi connectivity index (χ0v) is 12.6. The minimum atomic E-state index is -0.0287. The largest absolute Gasteiger partial charge is 0.378 e. The Labute approximate surface area is 125 Å². The number of carbonyl (C=O) groups is 2. The van der Waals surface area contributed by atoms with Crippen molar-refractivity contribution in [1.82, 2.24) is 4.90 Å². The average Bonchev–Trinajstić information content (AvgIpc) is 2.93. The molecule has 0 bridgehead atoms. The van der Waals surface area contributed by atoms with Crippen LogP contribution in [0.4, 0.5) is 5.69 Å². The number of anilines is 1. The summed E-state index contributed by atoms with van der Waals surface area (Å²) in [5.74, 6) is 0.0317. The van der Waals surface area contributed by atoms with Gasteiger partial charge in [0.25, 0.3) is 0 Å². The van der Waals surface area contributed by atoms with Crippen molar-refractivity contribution in [3.63, 3.8) is 0 Å². The Morgan fingerprint density at radius 1 is 1.29 bits per heavy atom. The molecule has 21 heavy (non-hydrogen) atoms. The molecular formula is C16H22N2O3. The molecule has 1 saturated heterocycles. The second-order valence-electron chi connectivity index (χ2n) is 5.55. The number of hydrogen-bond donors (Lipinski definition) is 1. The molecule has 5 heteroatoms. The maximum absolute atomic E-state index is 11.9. The van der Waals surface area contributed by atoms with Gasteiger partial charge in [0, 0.05) is 26.4 Å². The lowest BCUT2D eigenvalue weighted by Crippen LogP contribution is -2.23. The van der Waals surface area contributed by atoms with Crippen LogP contribution in [0, 0.1) is 0 Å². The minimum absolute atomic E-state index is 0.0287. The first-order chi connectivity index (χ1) is 10.0. The zero-order chi connectivity index (χ0) is 15.2. The highest BCUT2D eigenvalue weighted by molar-refractivity contribution is 5.91. The first-order valence-corrected chi connectivity index (χ1v) is 7.25. The van der Waals surface area contributed by atoms with Gasteiger partial charge in [-0.15, -0.1) is 0 Å². The van der Waals surface area contributed by atoms with E-state index in [9.17, 15) is 9.59 Å². The van der Waals surface area contributed by atoms with Crippen molar-refractivity contribution in [3.05, 3.63) is 29.8 Å². The molecule has 1 aliphatic rings. The number of carbonyl (C=O) groups excluding carboxylic acids is 2. The highest BCUT2D eigenvalue weighted by Crippen LogP contribution is 2.17. The van der Waals surface area contributed by atoms with E-state index in [1.54, 1.807) is 19.0 Å². The quantitative estimate of drug-likeness (QED) is 0.900. The average molecular weight is 290 g/mol. The van der Waals surface area contributed by atoms with E-state index < -0.39 is 0 Å². The molecule has 1 unspecified atom stereocenters. The van der Waals surface area contributed by atoms with E-state index in [4.69, 9.17) is 4.74 Å². The number of nitrogens with one attached hydrogen (secondary N) is 1. The molecule has 1 aromatic carbocycles. The summed E-state index contributed by atoms with van der Waals surface area (Å²) in [5, 5.41) is 2.86. The Balaban J connectivity index is 1.84. The van der Waals surface area contributed by atoms with Crippen LogP contribution in [-0.2, 0) is 20.7 Å². The number of amides is 2. The fourth-order valence-electron chi connectivity index (χ4n) is 2.26. The van der Waals surface area contributed by atoms with Gasteiger partial charge in [-0.05, 0) is 30.5 Å². The van der Waals surface area contributed by atoms with Crippen molar-refractivity contribution in [2.45, 2.75) is 31.8 Å². The van der Waals surface area contributed by atoms with Crippen molar-refractivity contribution in [3.8, 4) is 0 Å². The Kier molecular flexibility index (Phi) is 5.33. The molecule has 5 nitrogen and oxygen atoms in total. The number of ether oxygens (including phenoxy) is 1. The fourth-order valence-corrected chi connectivity index (χ4v) is 2.26. The Hall–Kier alpha value is -1.88. The van der Waals surface area contributed by atoms with Crippen LogP contribution < -0.4 is 5.32 Å². The van der Waals surface area contributed by atoms with Crippen molar-refractivity contribution < 1.29 is 14.3 Å². The molecule has 1 atom stereocenters. The molecule has 1 aromatic rings. The molecule has 0 radical (unpaired) electrons. The summed E-state index contributed by atoms with van der Waals surface area (Å²) < 4.78 is 5.44. The molecule has 0 spiro atoms. The fraction of sp³-hybridized carbons (Fsp3) is 0.500. The smallest absolute Gasteiger partial charge is 0.226 e. The number of rotatable bonds is 5. The van der Waals surface area contributed by atoms with E-state index in [0.717, 1.165) is 30.7 Å². The number of nitrogens with zero attached hydrogens (tertiary/aromatic N) is 1. The van der Waals surface area contributed by atoms with E-state index in [2.05, 4.69) is 5.32 Å². The second kappa shape index (κ2) is 7.22. The molecule has 0 aliphatic carbocycles. The van der Waals surface area contributed by atoms with Crippen molar-refractivity contribution in [2.75, 3.05) is 26.0 Å². The molecule has 0 saturated carbocycles. The SMILES string of the molecule is CN(C)C(=O)Cc1ccc(NC(=O)CC2CCCO2)cc1. The highest BCUT2D eigenvalue weighted by atomic mass is 16.5. The van der Waals surface area contributed by atoms with Crippen LogP contribution in [0.25, 0.3) is 0 Å². The summed E-state index contributed by atoms with van der Waals surface area (Å²) in [6.45, 7) is 0.756. The lowest BCUT2D eigenvalue weighted by atomic mass is 10.1. The van der Waals surface area contributed by atoms with Crippen molar-refractivity contribution >= 4 is 17.5 Å². The lowest BCUT2D eigenvalue weighted by molar-refractivity contribution is -0.128. The summed E-state index contributed by atoms with van der Waals surface area (Å²) in [6, 6.07) is 7.38. The third-order valence-electron chi connectivity index (χ3n) is 3.53. The molecule has 1 heterocycles. The monoisotopic (exact) mass is 290 g/mol. The Morgan fingerprint density at radius 3 is 2.57 bits per heavy atom. The molecule has 1 aliphatic heterocycles. The summed E-state index contributed by atoms with van der Waals surface area (Å²) >= 11 is 0. The second-order valence-corrected chi connectivity index (χ2v) is 5.55. The van der Waals surface area contributed by atoms with Gasteiger partial charge in [-0.2, -0.15) is 0 Å². The van der Waals surface area contributed by atoms with Gasteiger partial charge in [0.1, 0.15) is 0 Å². The third-order valence-corrected chi connectivity index (χ3v) is 3.53. The van der Waals surface area contributed by atoms with E-state index in [1.165, 1.54) is 0 Å². The van der Waals surface area contributed by atoms with Gasteiger partial charge < -0.3 is 15.0 Å². The van der Waals surface area contributed by atoms with E-state index in [0.29, 0.717) is 12.8 Å². The van der Waals surface area contributed by atoms with Crippen molar-refractivity contribution in [2.24, 2.45) is 0 Å². The van der Waals surface area contributed by atoms with Crippen molar-refractivity contribution in [1.29, 1.82) is 0 Å². The van der Waals surface area contributed by atoms with Crippen LogP contribution in [0.2, 0.25) is 0 Å². The summed E-state index contributed by atoms with van der Waals surface area (Å²) in [5.41, 5.74) is 1.69. The van der Waals surface area contributed by atoms with Gasteiger partial charge in [0.05, 0.1) is 18.9 Å². The maximum atomic E-state index is 11.9.